The molecule has 0 atom stereocenters. The Labute approximate surface area is 172 Å². The van der Waals surface area contributed by atoms with Crippen LogP contribution in [-0.4, -0.2) is 18.1 Å². The molecule has 148 valence electrons. The SMILES string of the molecule is NCCCOc1ccc(COc2ccc3nc4ccc(=O)cc-4oc3c2)cc1Cl. The molecule has 0 spiro atoms. The Bertz CT molecular complexity index is 1170. The first-order valence-corrected chi connectivity index (χ1v) is 9.59. The molecular weight excluding hydrogens is 392 g/mol. The van der Waals surface area contributed by atoms with Crippen LogP contribution in [-0.2, 0) is 6.61 Å². The van der Waals surface area contributed by atoms with Gasteiger partial charge in [-0.15, -0.1) is 0 Å². The Morgan fingerprint density at radius 2 is 1.93 bits per heavy atom. The van der Waals surface area contributed by atoms with Crippen molar-refractivity contribution in [2.24, 2.45) is 5.73 Å². The fourth-order valence-corrected chi connectivity index (χ4v) is 3.12. The summed E-state index contributed by atoms with van der Waals surface area (Å²) in [6, 6.07) is 15.5. The molecule has 0 bridgehead atoms. The summed E-state index contributed by atoms with van der Waals surface area (Å²) < 4.78 is 17.3. The van der Waals surface area contributed by atoms with E-state index in [1.165, 1.54) is 12.1 Å². The summed E-state index contributed by atoms with van der Waals surface area (Å²) in [5.41, 5.74) is 8.11. The maximum atomic E-state index is 11.5. The molecule has 0 fully saturated rings. The first-order valence-electron chi connectivity index (χ1n) is 9.21. The number of aromatic nitrogens is 1. The van der Waals surface area contributed by atoms with Crippen molar-refractivity contribution in [2.45, 2.75) is 13.0 Å². The minimum absolute atomic E-state index is 0.123. The number of nitrogens with zero attached hydrogens (tertiary/aromatic N) is 1. The van der Waals surface area contributed by atoms with Crippen molar-refractivity contribution in [3.05, 3.63) is 75.4 Å². The molecule has 0 radical (unpaired) electrons. The summed E-state index contributed by atoms with van der Waals surface area (Å²) in [6.45, 7) is 1.44. The second-order valence-electron chi connectivity index (χ2n) is 6.52. The number of hydrogen-bond acceptors (Lipinski definition) is 6. The maximum absolute atomic E-state index is 11.5. The third-order valence-electron chi connectivity index (χ3n) is 4.33. The van der Waals surface area contributed by atoms with Gasteiger partial charge in [-0.25, -0.2) is 4.98 Å². The van der Waals surface area contributed by atoms with E-state index in [0.29, 0.717) is 58.8 Å². The highest BCUT2D eigenvalue weighted by Gasteiger charge is 2.10. The van der Waals surface area contributed by atoms with Crippen LogP contribution in [0, 0.1) is 0 Å². The van der Waals surface area contributed by atoms with Gasteiger partial charge in [0.1, 0.15) is 29.3 Å². The zero-order chi connectivity index (χ0) is 20.2. The summed E-state index contributed by atoms with van der Waals surface area (Å²) in [5.74, 6) is 1.70. The molecule has 2 N–H and O–H groups in total. The van der Waals surface area contributed by atoms with Crippen molar-refractivity contribution >= 4 is 22.7 Å². The Balaban J connectivity index is 1.49. The fourth-order valence-electron chi connectivity index (χ4n) is 2.86. The highest BCUT2D eigenvalue weighted by molar-refractivity contribution is 6.32. The van der Waals surface area contributed by atoms with Crippen molar-refractivity contribution in [1.82, 2.24) is 4.98 Å². The lowest BCUT2D eigenvalue weighted by Crippen LogP contribution is -2.06. The molecule has 7 heteroatoms. The number of rotatable bonds is 7. The topological polar surface area (TPSA) is 87.6 Å². The van der Waals surface area contributed by atoms with Gasteiger partial charge in [0.15, 0.2) is 16.8 Å². The third kappa shape index (κ3) is 4.50. The van der Waals surface area contributed by atoms with E-state index in [0.717, 1.165) is 12.0 Å². The Hall–Kier alpha value is -3.09. The predicted octanol–water partition coefficient (Wildman–Crippen LogP) is 4.25. The summed E-state index contributed by atoms with van der Waals surface area (Å²) in [5, 5.41) is 0.528. The Morgan fingerprint density at radius 1 is 1.03 bits per heavy atom. The van der Waals surface area contributed by atoms with Gasteiger partial charge in [-0.1, -0.05) is 17.7 Å². The van der Waals surface area contributed by atoms with E-state index in [2.05, 4.69) is 4.98 Å². The quantitative estimate of drug-likeness (QED) is 0.362. The average Bonchev–Trinajstić information content (AvgIpc) is 2.72. The molecule has 1 heterocycles. The van der Waals surface area contributed by atoms with Crippen LogP contribution in [0.15, 0.2) is 63.8 Å². The molecule has 2 aromatic rings. The standard InChI is InChI=1S/C22H19ClN2O4/c23-17-10-14(2-7-20(17)27-9-1-8-24)13-28-16-4-6-19-22(12-16)29-21-11-15(26)3-5-18(21)25-19/h2-7,10-12H,1,8-9,13,24H2. The van der Waals surface area contributed by atoms with E-state index >= 15 is 0 Å². The van der Waals surface area contributed by atoms with Crippen LogP contribution in [0.3, 0.4) is 0 Å². The fraction of sp³-hybridized carbons (Fsp3) is 0.182. The number of hydrogen-bond donors (Lipinski definition) is 1. The number of fused-ring (bicyclic) bond motifs is 2. The Morgan fingerprint density at radius 3 is 2.76 bits per heavy atom. The summed E-state index contributed by atoms with van der Waals surface area (Å²) in [7, 11) is 0. The lowest BCUT2D eigenvalue weighted by Gasteiger charge is -2.11. The second-order valence-corrected chi connectivity index (χ2v) is 6.92. The third-order valence-corrected chi connectivity index (χ3v) is 4.63. The number of halogens is 1. The lowest BCUT2D eigenvalue weighted by atomic mass is 10.2. The van der Waals surface area contributed by atoms with Crippen LogP contribution < -0.4 is 20.6 Å². The highest BCUT2D eigenvalue weighted by Crippen LogP contribution is 2.28. The van der Waals surface area contributed by atoms with Gasteiger partial charge in [0.25, 0.3) is 0 Å². The van der Waals surface area contributed by atoms with Crippen molar-refractivity contribution < 1.29 is 13.9 Å². The van der Waals surface area contributed by atoms with Gasteiger partial charge in [-0.3, -0.25) is 4.79 Å². The van der Waals surface area contributed by atoms with Crippen molar-refractivity contribution in [3.63, 3.8) is 0 Å². The minimum Gasteiger partial charge on any atom is -0.492 e. The molecule has 1 aliphatic carbocycles. The van der Waals surface area contributed by atoms with Crippen LogP contribution in [0.5, 0.6) is 11.5 Å². The van der Waals surface area contributed by atoms with Crippen LogP contribution in [0.4, 0.5) is 0 Å². The highest BCUT2D eigenvalue weighted by atomic mass is 35.5. The van der Waals surface area contributed by atoms with Gasteiger partial charge < -0.3 is 19.6 Å². The van der Waals surface area contributed by atoms with Crippen LogP contribution in [0.2, 0.25) is 5.02 Å². The molecule has 0 unspecified atom stereocenters. The van der Waals surface area contributed by atoms with Crippen LogP contribution >= 0.6 is 11.6 Å². The zero-order valence-electron chi connectivity index (χ0n) is 15.6. The van der Waals surface area contributed by atoms with E-state index in [1.54, 1.807) is 12.1 Å². The van der Waals surface area contributed by atoms with E-state index in [1.807, 2.05) is 30.3 Å². The minimum atomic E-state index is -0.123. The van der Waals surface area contributed by atoms with Gasteiger partial charge >= 0.3 is 0 Å². The van der Waals surface area contributed by atoms with Gasteiger partial charge in [0.05, 0.1) is 11.6 Å². The smallest absolute Gasteiger partial charge is 0.182 e. The molecule has 29 heavy (non-hydrogen) atoms. The second kappa shape index (κ2) is 8.51. The van der Waals surface area contributed by atoms with Gasteiger partial charge in [0.2, 0.25) is 0 Å². The van der Waals surface area contributed by atoms with Gasteiger partial charge in [-0.2, -0.15) is 0 Å². The number of benzene rings is 3. The van der Waals surface area contributed by atoms with Crippen molar-refractivity contribution in [2.75, 3.05) is 13.2 Å². The molecule has 1 aliphatic heterocycles. The molecule has 0 aromatic heterocycles. The van der Waals surface area contributed by atoms with Crippen LogP contribution in [0.1, 0.15) is 12.0 Å². The largest absolute Gasteiger partial charge is 0.492 e. The normalized spacial score (nSPS) is 11.1. The van der Waals surface area contributed by atoms with Gasteiger partial charge in [0, 0.05) is 12.1 Å². The van der Waals surface area contributed by atoms with E-state index < -0.39 is 0 Å². The first kappa shape index (κ1) is 19.2. The zero-order valence-corrected chi connectivity index (χ0v) is 16.3. The number of nitrogens with two attached hydrogens (primary N) is 1. The molecule has 2 aliphatic rings. The number of ether oxygens (including phenoxy) is 2. The van der Waals surface area contributed by atoms with Gasteiger partial charge in [-0.05, 0) is 54.9 Å². The maximum Gasteiger partial charge on any atom is 0.182 e. The molecule has 0 saturated heterocycles. The van der Waals surface area contributed by atoms with E-state index in [4.69, 9.17) is 31.2 Å². The lowest BCUT2D eigenvalue weighted by molar-refractivity contribution is 0.303. The Kier molecular flexibility index (Phi) is 5.64. The van der Waals surface area contributed by atoms with E-state index in [-0.39, 0.29) is 5.43 Å². The average molecular weight is 411 g/mol. The van der Waals surface area contributed by atoms with Crippen molar-refractivity contribution in [1.29, 1.82) is 0 Å². The van der Waals surface area contributed by atoms with Crippen LogP contribution in [0.25, 0.3) is 22.6 Å². The predicted molar refractivity (Wildman–Crippen MR) is 112 cm³/mol. The molecule has 0 saturated carbocycles. The molecule has 2 aromatic carbocycles. The first-order chi connectivity index (χ1) is 14.1. The van der Waals surface area contributed by atoms with Crippen molar-refractivity contribution in [3.8, 4) is 23.0 Å². The molecule has 6 nitrogen and oxygen atoms in total. The summed E-state index contributed by atoms with van der Waals surface area (Å²) in [4.78, 5) is 16.0. The summed E-state index contributed by atoms with van der Waals surface area (Å²) in [6.07, 6.45) is 0.772. The molecular formula is C22H19ClN2O4. The molecule has 4 rings (SSSR count). The summed E-state index contributed by atoms with van der Waals surface area (Å²) >= 11 is 6.28. The molecule has 0 amide bonds. The monoisotopic (exact) mass is 410 g/mol. The van der Waals surface area contributed by atoms with E-state index in [9.17, 15) is 4.79 Å².